The summed E-state index contributed by atoms with van der Waals surface area (Å²) in [4.78, 5) is 21.6. The van der Waals surface area contributed by atoms with Gasteiger partial charge in [0, 0.05) is 6.54 Å². The van der Waals surface area contributed by atoms with Crippen LogP contribution in [-0.2, 0) is 9.53 Å². The molecule has 2 amide bonds. The highest BCUT2D eigenvalue weighted by Gasteiger charge is 2.03. The Bertz CT molecular complexity index is 192. The third kappa shape index (κ3) is 7.39. The molecule has 0 atom stereocenters. The fourth-order valence-electron chi connectivity index (χ4n) is 0.787. The van der Waals surface area contributed by atoms with Crippen molar-refractivity contribution in [2.24, 2.45) is 5.92 Å². The number of amides is 2. The van der Waals surface area contributed by atoms with E-state index in [0.29, 0.717) is 12.5 Å². The van der Waals surface area contributed by atoms with E-state index in [-0.39, 0.29) is 12.5 Å². The molecule has 2 N–H and O–H groups in total. The van der Waals surface area contributed by atoms with Crippen molar-refractivity contribution in [3.05, 3.63) is 0 Å². The molecule has 14 heavy (non-hydrogen) atoms. The van der Waals surface area contributed by atoms with Gasteiger partial charge in [-0.25, -0.2) is 4.79 Å². The Kier molecular flexibility index (Phi) is 6.53. The lowest BCUT2D eigenvalue weighted by Gasteiger charge is -2.07. The summed E-state index contributed by atoms with van der Waals surface area (Å²) in [5.41, 5.74) is 0. The number of carbonyl (C=O) groups is 2. The van der Waals surface area contributed by atoms with Crippen molar-refractivity contribution in [1.29, 1.82) is 0 Å². The van der Waals surface area contributed by atoms with E-state index in [1.807, 2.05) is 0 Å². The maximum atomic E-state index is 11.1. The van der Waals surface area contributed by atoms with Gasteiger partial charge in [0.15, 0.2) is 0 Å². The first kappa shape index (κ1) is 12.7. The van der Waals surface area contributed by atoms with Gasteiger partial charge in [-0.05, 0) is 12.3 Å². The highest BCUT2D eigenvalue weighted by Crippen LogP contribution is 1.95. The van der Waals surface area contributed by atoms with Gasteiger partial charge in [0.05, 0.1) is 13.7 Å². The molecular weight excluding hydrogens is 184 g/mol. The van der Waals surface area contributed by atoms with Gasteiger partial charge in [0.25, 0.3) is 0 Å². The van der Waals surface area contributed by atoms with Crippen LogP contribution in [0.15, 0.2) is 0 Å². The Morgan fingerprint density at radius 1 is 1.29 bits per heavy atom. The van der Waals surface area contributed by atoms with Gasteiger partial charge in [-0.3, -0.25) is 4.79 Å². The third-order valence-electron chi connectivity index (χ3n) is 1.62. The van der Waals surface area contributed by atoms with Gasteiger partial charge in [0.2, 0.25) is 5.91 Å². The van der Waals surface area contributed by atoms with Crippen LogP contribution >= 0.6 is 0 Å². The van der Waals surface area contributed by atoms with E-state index in [9.17, 15) is 9.59 Å². The first-order valence-corrected chi connectivity index (χ1v) is 4.64. The molecule has 0 fully saturated rings. The number of hydrogen-bond donors (Lipinski definition) is 2. The maximum Gasteiger partial charge on any atom is 0.407 e. The average molecular weight is 202 g/mol. The minimum Gasteiger partial charge on any atom is -0.453 e. The molecule has 0 rings (SSSR count). The SMILES string of the molecule is COC(=O)NCC(=O)NCCC(C)C. The third-order valence-corrected chi connectivity index (χ3v) is 1.62. The highest BCUT2D eigenvalue weighted by atomic mass is 16.5. The maximum absolute atomic E-state index is 11.1. The van der Waals surface area contributed by atoms with Gasteiger partial charge in [-0.1, -0.05) is 13.8 Å². The summed E-state index contributed by atoms with van der Waals surface area (Å²) in [6.07, 6.45) is 0.341. The number of hydrogen-bond acceptors (Lipinski definition) is 3. The van der Waals surface area contributed by atoms with Crippen molar-refractivity contribution in [2.45, 2.75) is 20.3 Å². The average Bonchev–Trinajstić information content (AvgIpc) is 2.13. The molecule has 0 aliphatic carbocycles. The predicted octanol–water partition coefficient (Wildman–Crippen LogP) is 0.505. The molecule has 0 radical (unpaired) electrons. The first-order valence-electron chi connectivity index (χ1n) is 4.64. The van der Waals surface area contributed by atoms with Crippen molar-refractivity contribution in [3.8, 4) is 0 Å². The Labute approximate surface area is 84.2 Å². The minimum absolute atomic E-state index is 0.0369. The summed E-state index contributed by atoms with van der Waals surface area (Å²) in [7, 11) is 1.26. The van der Waals surface area contributed by atoms with Gasteiger partial charge in [0.1, 0.15) is 0 Å². The van der Waals surface area contributed by atoms with Crippen LogP contribution in [0.3, 0.4) is 0 Å². The normalized spacial score (nSPS) is 9.71. The van der Waals surface area contributed by atoms with E-state index in [1.54, 1.807) is 0 Å². The van der Waals surface area contributed by atoms with E-state index in [2.05, 4.69) is 29.2 Å². The zero-order valence-electron chi connectivity index (χ0n) is 8.92. The van der Waals surface area contributed by atoms with Gasteiger partial charge < -0.3 is 15.4 Å². The number of ether oxygens (including phenoxy) is 1. The zero-order valence-corrected chi connectivity index (χ0v) is 8.92. The zero-order chi connectivity index (χ0) is 11.0. The molecule has 0 aromatic heterocycles. The Morgan fingerprint density at radius 2 is 1.93 bits per heavy atom. The second-order valence-electron chi connectivity index (χ2n) is 3.38. The summed E-state index contributed by atoms with van der Waals surface area (Å²) in [5.74, 6) is 0.361. The Morgan fingerprint density at radius 3 is 2.43 bits per heavy atom. The Hall–Kier alpha value is -1.26. The lowest BCUT2D eigenvalue weighted by Crippen LogP contribution is -2.37. The van der Waals surface area contributed by atoms with Gasteiger partial charge >= 0.3 is 6.09 Å². The summed E-state index contributed by atoms with van der Waals surface area (Å²) < 4.78 is 4.31. The van der Waals surface area contributed by atoms with Crippen LogP contribution in [-0.4, -0.2) is 32.2 Å². The largest absolute Gasteiger partial charge is 0.453 e. The summed E-state index contributed by atoms with van der Waals surface area (Å²) in [5, 5.41) is 4.98. The van der Waals surface area contributed by atoms with Crippen LogP contribution in [0.2, 0.25) is 0 Å². The number of methoxy groups -OCH3 is 1. The van der Waals surface area contributed by atoms with Gasteiger partial charge in [-0.15, -0.1) is 0 Å². The summed E-state index contributed by atoms with van der Waals surface area (Å²) >= 11 is 0. The lowest BCUT2D eigenvalue weighted by atomic mass is 10.1. The van der Waals surface area contributed by atoms with Crippen molar-refractivity contribution < 1.29 is 14.3 Å². The first-order chi connectivity index (χ1) is 6.56. The summed E-state index contributed by atoms with van der Waals surface area (Å²) in [6.45, 7) is 4.77. The second-order valence-corrected chi connectivity index (χ2v) is 3.38. The fraction of sp³-hybridized carbons (Fsp3) is 0.778. The molecule has 0 bridgehead atoms. The molecular formula is C9H18N2O3. The standard InChI is InChI=1S/C9H18N2O3/c1-7(2)4-5-10-8(12)6-11-9(13)14-3/h7H,4-6H2,1-3H3,(H,10,12)(H,11,13). The lowest BCUT2D eigenvalue weighted by molar-refractivity contribution is -0.120. The fourth-order valence-corrected chi connectivity index (χ4v) is 0.787. The molecule has 82 valence electrons. The van der Waals surface area contributed by atoms with Crippen LogP contribution in [0.25, 0.3) is 0 Å². The topological polar surface area (TPSA) is 67.4 Å². The van der Waals surface area contributed by atoms with Crippen molar-refractivity contribution in [3.63, 3.8) is 0 Å². The van der Waals surface area contributed by atoms with Gasteiger partial charge in [-0.2, -0.15) is 0 Å². The van der Waals surface area contributed by atoms with Crippen molar-refractivity contribution in [2.75, 3.05) is 20.2 Å². The molecule has 0 aromatic carbocycles. The number of carbonyl (C=O) groups excluding carboxylic acids is 2. The Balaban J connectivity index is 3.42. The predicted molar refractivity (Wildman–Crippen MR) is 52.9 cm³/mol. The molecule has 0 heterocycles. The van der Waals surface area contributed by atoms with E-state index < -0.39 is 6.09 Å². The van der Waals surface area contributed by atoms with Crippen LogP contribution in [0, 0.1) is 5.92 Å². The molecule has 0 unspecified atom stereocenters. The van der Waals surface area contributed by atoms with E-state index in [4.69, 9.17) is 0 Å². The molecule has 5 heteroatoms. The highest BCUT2D eigenvalue weighted by molar-refractivity contribution is 5.81. The number of alkyl carbamates (subject to hydrolysis) is 1. The van der Waals surface area contributed by atoms with Crippen LogP contribution in [0.4, 0.5) is 4.79 Å². The van der Waals surface area contributed by atoms with Crippen LogP contribution < -0.4 is 10.6 Å². The molecule has 0 aliphatic heterocycles. The molecule has 0 aliphatic rings. The van der Waals surface area contributed by atoms with Crippen molar-refractivity contribution >= 4 is 12.0 Å². The number of nitrogens with one attached hydrogen (secondary N) is 2. The van der Waals surface area contributed by atoms with E-state index in [0.717, 1.165) is 6.42 Å². The van der Waals surface area contributed by atoms with Crippen molar-refractivity contribution in [1.82, 2.24) is 10.6 Å². The summed E-state index contributed by atoms with van der Waals surface area (Å²) in [6, 6.07) is 0. The van der Waals surface area contributed by atoms with E-state index in [1.165, 1.54) is 7.11 Å². The molecule has 5 nitrogen and oxygen atoms in total. The number of rotatable bonds is 5. The molecule has 0 saturated carbocycles. The quantitative estimate of drug-likeness (QED) is 0.682. The second kappa shape index (κ2) is 7.17. The molecule has 0 saturated heterocycles. The van der Waals surface area contributed by atoms with Crippen LogP contribution in [0.5, 0.6) is 0 Å². The molecule has 0 aromatic rings. The van der Waals surface area contributed by atoms with Crippen LogP contribution in [0.1, 0.15) is 20.3 Å². The minimum atomic E-state index is -0.594. The monoisotopic (exact) mass is 202 g/mol. The smallest absolute Gasteiger partial charge is 0.407 e. The molecule has 0 spiro atoms. The van der Waals surface area contributed by atoms with E-state index >= 15 is 0 Å².